The highest BCUT2D eigenvalue weighted by Crippen LogP contribution is 2.35. The molecule has 2 aromatic heterocycles. The molecule has 0 aliphatic rings. The number of nitro benzene ring substituents is 1. The number of nitro groups is 1. The third-order valence-corrected chi connectivity index (χ3v) is 3.74. The number of aromatic nitrogens is 2. The van der Waals surface area contributed by atoms with Crippen LogP contribution in [0.4, 0.5) is 5.69 Å². The second-order valence-corrected chi connectivity index (χ2v) is 5.15. The van der Waals surface area contributed by atoms with E-state index in [0.717, 1.165) is 10.2 Å². The van der Waals surface area contributed by atoms with Crippen LogP contribution in [-0.4, -0.2) is 21.5 Å². The second-order valence-electron chi connectivity index (χ2n) is 4.24. The summed E-state index contributed by atoms with van der Waals surface area (Å²) in [6, 6.07) is 6.23. The van der Waals surface area contributed by atoms with Gasteiger partial charge in [0.2, 0.25) is 11.6 Å². The number of hydrogen-bond acceptors (Lipinski definition) is 7. The smallest absolute Gasteiger partial charge is 0.311 e. The molecule has 0 aliphatic heterocycles. The second kappa shape index (κ2) is 5.94. The average Bonchev–Trinajstić information content (AvgIpc) is 2.97. The zero-order valence-corrected chi connectivity index (χ0v) is 12.4. The molecule has 3 rings (SSSR count). The molecule has 0 unspecified atom stereocenters. The molecular weight excluding hydrogens is 306 g/mol. The number of rotatable bonds is 5. The molecule has 3 aromatic rings. The van der Waals surface area contributed by atoms with Gasteiger partial charge in [0.05, 0.1) is 17.0 Å². The lowest BCUT2D eigenvalue weighted by Crippen LogP contribution is -1.98. The fraction of sp³-hybridized carbons (Fsp3) is 0.143. The molecule has 0 saturated carbocycles. The lowest BCUT2D eigenvalue weighted by atomic mass is 10.3. The Morgan fingerprint density at radius 2 is 2.18 bits per heavy atom. The van der Waals surface area contributed by atoms with Crippen molar-refractivity contribution in [3.63, 3.8) is 0 Å². The van der Waals surface area contributed by atoms with Gasteiger partial charge in [-0.05, 0) is 24.4 Å². The highest BCUT2D eigenvalue weighted by molar-refractivity contribution is 7.17. The predicted molar refractivity (Wildman–Crippen MR) is 81.8 cm³/mol. The first kappa shape index (κ1) is 14.2. The minimum atomic E-state index is -0.489. The van der Waals surface area contributed by atoms with Crippen LogP contribution in [0.1, 0.15) is 6.92 Å². The van der Waals surface area contributed by atoms with Gasteiger partial charge in [0.15, 0.2) is 0 Å². The summed E-state index contributed by atoms with van der Waals surface area (Å²) in [5, 5.41) is 12.9. The van der Waals surface area contributed by atoms with Crippen LogP contribution in [0.5, 0.6) is 17.4 Å². The normalized spacial score (nSPS) is 10.6. The first-order valence-electron chi connectivity index (χ1n) is 6.46. The highest BCUT2D eigenvalue weighted by atomic mass is 32.1. The minimum absolute atomic E-state index is 0.0989. The van der Waals surface area contributed by atoms with E-state index in [1.807, 2.05) is 11.4 Å². The van der Waals surface area contributed by atoms with Gasteiger partial charge in [-0.15, -0.1) is 11.3 Å². The predicted octanol–water partition coefficient (Wildman–Crippen LogP) is 3.79. The molecule has 7 nitrogen and oxygen atoms in total. The Labute approximate surface area is 129 Å². The molecule has 0 spiro atoms. The summed E-state index contributed by atoms with van der Waals surface area (Å²) >= 11 is 1.47. The molecule has 0 fully saturated rings. The van der Waals surface area contributed by atoms with E-state index in [-0.39, 0.29) is 11.4 Å². The minimum Gasteiger partial charge on any atom is -0.487 e. The zero-order chi connectivity index (χ0) is 15.5. The molecule has 0 atom stereocenters. The van der Waals surface area contributed by atoms with Crippen LogP contribution in [0.15, 0.2) is 36.0 Å². The highest BCUT2D eigenvalue weighted by Gasteiger charge is 2.17. The zero-order valence-electron chi connectivity index (χ0n) is 11.6. The molecule has 0 bridgehead atoms. The standard InChI is InChI=1S/C14H11N3O4S/c1-2-20-12-7-9(3-4-11(12)17(18)19)21-14-13-10(5-6-22-13)15-8-16-14/h3-8H,2H2,1H3. The molecule has 0 radical (unpaired) electrons. The van der Waals surface area contributed by atoms with Crippen molar-refractivity contribution in [2.45, 2.75) is 6.92 Å². The van der Waals surface area contributed by atoms with Crippen molar-refractivity contribution in [3.05, 3.63) is 46.1 Å². The van der Waals surface area contributed by atoms with Gasteiger partial charge in [0, 0.05) is 12.1 Å². The van der Waals surface area contributed by atoms with E-state index in [4.69, 9.17) is 9.47 Å². The van der Waals surface area contributed by atoms with Crippen molar-refractivity contribution in [1.82, 2.24) is 9.97 Å². The summed E-state index contributed by atoms with van der Waals surface area (Å²) in [4.78, 5) is 18.7. The van der Waals surface area contributed by atoms with Crippen molar-refractivity contribution in [2.75, 3.05) is 6.61 Å². The molecule has 0 saturated heterocycles. The number of benzene rings is 1. The Bertz CT molecular complexity index is 834. The first-order valence-corrected chi connectivity index (χ1v) is 7.34. The van der Waals surface area contributed by atoms with E-state index in [0.29, 0.717) is 18.2 Å². The van der Waals surface area contributed by atoms with E-state index in [1.54, 1.807) is 6.92 Å². The van der Waals surface area contributed by atoms with Gasteiger partial charge in [-0.25, -0.2) is 9.97 Å². The van der Waals surface area contributed by atoms with E-state index in [2.05, 4.69) is 9.97 Å². The maximum absolute atomic E-state index is 11.0. The van der Waals surface area contributed by atoms with Gasteiger partial charge < -0.3 is 9.47 Å². The lowest BCUT2D eigenvalue weighted by Gasteiger charge is -2.08. The van der Waals surface area contributed by atoms with Crippen LogP contribution in [0.25, 0.3) is 10.2 Å². The van der Waals surface area contributed by atoms with Crippen LogP contribution < -0.4 is 9.47 Å². The first-order chi connectivity index (χ1) is 10.7. The fourth-order valence-electron chi connectivity index (χ4n) is 1.93. The van der Waals surface area contributed by atoms with E-state index in [1.165, 1.54) is 35.9 Å². The van der Waals surface area contributed by atoms with E-state index >= 15 is 0 Å². The third kappa shape index (κ3) is 2.68. The summed E-state index contributed by atoms with van der Waals surface area (Å²) in [5.41, 5.74) is 0.695. The molecule has 112 valence electrons. The van der Waals surface area contributed by atoms with Gasteiger partial charge in [-0.2, -0.15) is 0 Å². The molecular formula is C14H11N3O4S. The average molecular weight is 317 g/mol. The van der Waals surface area contributed by atoms with Gasteiger partial charge in [-0.1, -0.05) is 0 Å². The molecule has 1 aromatic carbocycles. The topological polar surface area (TPSA) is 87.4 Å². The molecule has 22 heavy (non-hydrogen) atoms. The number of hydrogen-bond donors (Lipinski definition) is 0. The van der Waals surface area contributed by atoms with Crippen LogP contribution in [0, 0.1) is 10.1 Å². The number of ether oxygens (including phenoxy) is 2. The van der Waals surface area contributed by atoms with E-state index < -0.39 is 4.92 Å². The van der Waals surface area contributed by atoms with E-state index in [9.17, 15) is 10.1 Å². The number of thiophene rings is 1. The molecule has 8 heteroatoms. The van der Waals surface area contributed by atoms with Gasteiger partial charge in [-0.3, -0.25) is 10.1 Å². The summed E-state index contributed by atoms with van der Waals surface area (Å²) in [6.07, 6.45) is 1.42. The SMILES string of the molecule is CCOc1cc(Oc2ncnc3ccsc23)ccc1[N+](=O)[O-]. The van der Waals surface area contributed by atoms with Crippen molar-refractivity contribution in [2.24, 2.45) is 0 Å². The number of nitrogens with zero attached hydrogens (tertiary/aromatic N) is 3. The van der Waals surface area contributed by atoms with Crippen LogP contribution in [-0.2, 0) is 0 Å². The lowest BCUT2D eigenvalue weighted by molar-refractivity contribution is -0.385. The Kier molecular flexibility index (Phi) is 3.84. The maximum Gasteiger partial charge on any atom is 0.311 e. The van der Waals surface area contributed by atoms with Crippen molar-refractivity contribution < 1.29 is 14.4 Å². The van der Waals surface area contributed by atoms with Crippen LogP contribution in [0.2, 0.25) is 0 Å². The van der Waals surface area contributed by atoms with Crippen LogP contribution in [0.3, 0.4) is 0 Å². The Hall–Kier alpha value is -2.74. The molecule has 0 aliphatic carbocycles. The Balaban J connectivity index is 1.97. The summed E-state index contributed by atoms with van der Waals surface area (Å²) in [6.45, 7) is 2.09. The Morgan fingerprint density at radius 1 is 1.32 bits per heavy atom. The van der Waals surface area contributed by atoms with Crippen LogP contribution >= 0.6 is 11.3 Å². The fourth-order valence-corrected chi connectivity index (χ4v) is 2.70. The van der Waals surface area contributed by atoms with Crippen molar-refractivity contribution >= 4 is 27.2 Å². The largest absolute Gasteiger partial charge is 0.487 e. The van der Waals surface area contributed by atoms with Gasteiger partial charge in [0.1, 0.15) is 16.8 Å². The molecule has 0 N–H and O–H groups in total. The number of fused-ring (bicyclic) bond motifs is 1. The summed E-state index contributed by atoms with van der Waals surface area (Å²) in [7, 11) is 0. The Morgan fingerprint density at radius 3 is 2.95 bits per heavy atom. The quantitative estimate of drug-likeness (QED) is 0.525. The monoisotopic (exact) mass is 317 g/mol. The third-order valence-electron chi connectivity index (χ3n) is 2.85. The molecule has 0 amide bonds. The van der Waals surface area contributed by atoms with Gasteiger partial charge >= 0.3 is 5.69 Å². The summed E-state index contributed by atoms with van der Waals surface area (Å²) < 4.78 is 11.8. The molecule has 2 heterocycles. The summed E-state index contributed by atoms with van der Waals surface area (Å²) in [5.74, 6) is 1.00. The van der Waals surface area contributed by atoms with Gasteiger partial charge in [0.25, 0.3) is 0 Å². The maximum atomic E-state index is 11.0. The van der Waals surface area contributed by atoms with Crippen molar-refractivity contribution in [3.8, 4) is 17.4 Å². The van der Waals surface area contributed by atoms with Crippen molar-refractivity contribution in [1.29, 1.82) is 0 Å².